The molecular formula is C14H27. The smallest absolute Gasteiger partial charge is 0.00583 e. The Hall–Kier alpha value is -0.260. The molecule has 1 radical (unpaired) electrons. The first-order chi connectivity index (χ1) is 6.81. The standard InChI is InChI=1S/C14H27/c1-4-6-8-9-10-11-13-14(3)12-7-5-2/h11,13H,4-10,12H2,1-3H3. The molecular weight excluding hydrogens is 168 g/mol. The van der Waals surface area contributed by atoms with Crippen molar-refractivity contribution in [2.45, 2.75) is 72.1 Å². The molecule has 0 bridgehead atoms. The van der Waals surface area contributed by atoms with Gasteiger partial charge in [-0.25, -0.2) is 0 Å². The van der Waals surface area contributed by atoms with Gasteiger partial charge in [0.05, 0.1) is 0 Å². The Labute approximate surface area is 90.8 Å². The van der Waals surface area contributed by atoms with E-state index in [9.17, 15) is 0 Å². The summed E-state index contributed by atoms with van der Waals surface area (Å²) in [5, 5.41) is 0. The Balaban J connectivity index is 3.23. The fraction of sp³-hybridized carbons (Fsp3) is 0.786. The van der Waals surface area contributed by atoms with Crippen molar-refractivity contribution in [1.82, 2.24) is 0 Å². The second-order valence-corrected chi connectivity index (χ2v) is 4.20. The highest BCUT2D eigenvalue weighted by Crippen LogP contribution is 2.12. The molecule has 0 saturated heterocycles. The summed E-state index contributed by atoms with van der Waals surface area (Å²) in [4.78, 5) is 0. The van der Waals surface area contributed by atoms with Crippen LogP contribution < -0.4 is 0 Å². The molecule has 0 saturated carbocycles. The van der Waals surface area contributed by atoms with Crippen LogP contribution in [0.1, 0.15) is 72.1 Å². The summed E-state index contributed by atoms with van der Waals surface area (Å²) in [6.07, 6.45) is 15.4. The Bertz CT molecular complexity index is 124. The number of allylic oxidation sites excluding steroid dienone is 2. The zero-order chi connectivity index (χ0) is 10.6. The molecule has 0 unspecified atom stereocenters. The molecule has 0 spiro atoms. The second-order valence-electron chi connectivity index (χ2n) is 4.20. The quantitative estimate of drug-likeness (QED) is 0.438. The van der Waals surface area contributed by atoms with Crippen molar-refractivity contribution in [3.05, 3.63) is 18.1 Å². The van der Waals surface area contributed by atoms with E-state index in [2.05, 4.69) is 32.9 Å². The van der Waals surface area contributed by atoms with Gasteiger partial charge in [0, 0.05) is 0 Å². The van der Waals surface area contributed by atoms with E-state index in [0.29, 0.717) is 0 Å². The van der Waals surface area contributed by atoms with Crippen LogP contribution in [0.5, 0.6) is 0 Å². The number of unbranched alkanes of at least 4 members (excludes halogenated alkanes) is 5. The molecule has 14 heavy (non-hydrogen) atoms. The highest BCUT2D eigenvalue weighted by molar-refractivity contribution is 5.06. The fourth-order valence-electron chi connectivity index (χ4n) is 1.51. The summed E-state index contributed by atoms with van der Waals surface area (Å²) in [5.41, 5.74) is 0. The first kappa shape index (κ1) is 13.7. The number of rotatable bonds is 9. The maximum atomic E-state index is 2.35. The minimum absolute atomic E-state index is 1.27. The van der Waals surface area contributed by atoms with Crippen molar-refractivity contribution in [2.75, 3.05) is 0 Å². The third-order valence-corrected chi connectivity index (χ3v) is 2.55. The Morgan fingerprint density at radius 1 is 0.929 bits per heavy atom. The minimum Gasteiger partial charge on any atom is -0.0880 e. The van der Waals surface area contributed by atoms with Crippen molar-refractivity contribution in [3.63, 3.8) is 0 Å². The average molecular weight is 195 g/mol. The lowest BCUT2D eigenvalue weighted by Crippen LogP contribution is -1.85. The van der Waals surface area contributed by atoms with Crippen LogP contribution in [0.3, 0.4) is 0 Å². The molecule has 0 heteroatoms. The summed E-state index contributed by atoms with van der Waals surface area (Å²) in [6.45, 7) is 6.76. The summed E-state index contributed by atoms with van der Waals surface area (Å²) in [6, 6.07) is 0. The van der Waals surface area contributed by atoms with Crippen LogP contribution in [-0.4, -0.2) is 0 Å². The molecule has 0 aromatic heterocycles. The van der Waals surface area contributed by atoms with Crippen molar-refractivity contribution < 1.29 is 0 Å². The molecule has 0 rings (SSSR count). The van der Waals surface area contributed by atoms with Gasteiger partial charge in [0.25, 0.3) is 0 Å². The molecule has 0 heterocycles. The molecule has 0 amide bonds. The van der Waals surface area contributed by atoms with E-state index < -0.39 is 0 Å². The van der Waals surface area contributed by atoms with E-state index in [1.165, 1.54) is 51.4 Å². The lowest BCUT2D eigenvalue weighted by molar-refractivity contribution is 0.673. The molecule has 0 nitrogen and oxygen atoms in total. The number of hydrogen-bond acceptors (Lipinski definition) is 0. The van der Waals surface area contributed by atoms with Crippen LogP contribution >= 0.6 is 0 Å². The maximum absolute atomic E-state index is 2.35. The van der Waals surface area contributed by atoms with Crippen LogP contribution in [0, 0.1) is 5.92 Å². The Kier molecular flexibility index (Phi) is 10.6. The van der Waals surface area contributed by atoms with Crippen LogP contribution in [0.15, 0.2) is 12.2 Å². The zero-order valence-electron chi connectivity index (χ0n) is 10.3. The molecule has 0 N–H and O–H groups in total. The molecule has 0 atom stereocenters. The second kappa shape index (κ2) is 10.8. The first-order valence-corrected chi connectivity index (χ1v) is 6.30. The Morgan fingerprint density at radius 3 is 2.29 bits per heavy atom. The Morgan fingerprint density at radius 2 is 1.64 bits per heavy atom. The topological polar surface area (TPSA) is 0 Å². The molecule has 83 valence electrons. The normalized spacial score (nSPS) is 11.7. The van der Waals surface area contributed by atoms with Gasteiger partial charge in [0.1, 0.15) is 0 Å². The van der Waals surface area contributed by atoms with Gasteiger partial charge in [-0.05, 0) is 25.2 Å². The van der Waals surface area contributed by atoms with Crippen molar-refractivity contribution in [2.24, 2.45) is 0 Å². The monoisotopic (exact) mass is 195 g/mol. The fourth-order valence-corrected chi connectivity index (χ4v) is 1.51. The lowest BCUT2D eigenvalue weighted by Gasteiger charge is -2.02. The van der Waals surface area contributed by atoms with Crippen LogP contribution in [0.4, 0.5) is 0 Å². The highest BCUT2D eigenvalue weighted by Gasteiger charge is 1.95. The molecule has 0 aromatic rings. The highest BCUT2D eigenvalue weighted by atomic mass is 14.0. The van der Waals surface area contributed by atoms with E-state index in [-0.39, 0.29) is 0 Å². The van der Waals surface area contributed by atoms with Gasteiger partial charge in [-0.15, -0.1) is 0 Å². The van der Waals surface area contributed by atoms with Gasteiger partial charge in [0.15, 0.2) is 0 Å². The lowest BCUT2D eigenvalue weighted by atomic mass is 10.0. The minimum atomic E-state index is 1.27. The largest absolute Gasteiger partial charge is 0.0880 e. The maximum Gasteiger partial charge on any atom is -0.00583 e. The van der Waals surface area contributed by atoms with Crippen molar-refractivity contribution in [3.8, 4) is 0 Å². The van der Waals surface area contributed by atoms with Crippen LogP contribution in [-0.2, 0) is 0 Å². The van der Waals surface area contributed by atoms with Gasteiger partial charge >= 0.3 is 0 Å². The van der Waals surface area contributed by atoms with E-state index in [0.717, 1.165) is 0 Å². The van der Waals surface area contributed by atoms with Crippen LogP contribution in [0.2, 0.25) is 0 Å². The van der Waals surface area contributed by atoms with Gasteiger partial charge in [-0.3, -0.25) is 0 Å². The van der Waals surface area contributed by atoms with Gasteiger partial charge in [-0.1, -0.05) is 65.0 Å². The molecule has 0 aromatic carbocycles. The van der Waals surface area contributed by atoms with E-state index in [1.54, 1.807) is 5.92 Å². The van der Waals surface area contributed by atoms with Crippen molar-refractivity contribution in [1.29, 1.82) is 0 Å². The average Bonchev–Trinajstić information content (AvgIpc) is 2.20. The van der Waals surface area contributed by atoms with E-state index >= 15 is 0 Å². The van der Waals surface area contributed by atoms with Gasteiger partial charge < -0.3 is 0 Å². The third-order valence-electron chi connectivity index (χ3n) is 2.55. The predicted molar refractivity (Wildman–Crippen MR) is 66.3 cm³/mol. The van der Waals surface area contributed by atoms with Crippen molar-refractivity contribution >= 4 is 0 Å². The molecule has 0 aliphatic heterocycles. The molecule has 0 aliphatic rings. The summed E-state index contributed by atoms with van der Waals surface area (Å²) in [5.74, 6) is 1.54. The summed E-state index contributed by atoms with van der Waals surface area (Å²) < 4.78 is 0. The molecule has 0 fully saturated rings. The third kappa shape index (κ3) is 9.83. The van der Waals surface area contributed by atoms with Gasteiger partial charge in [-0.2, -0.15) is 0 Å². The predicted octanol–water partition coefficient (Wildman–Crippen LogP) is 5.30. The van der Waals surface area contributed by atoms with Gasteiger partial charge in [0.2, 0.25) is 0 Å². The van der Waals surface area contributed by atoms with Crippen LogP contribution in [0.25, 0.3) is 0 Å². The van der Waals surface area contributed by atoms with E-state index in [1.807, 2.05) is 0 Å². The zero-order valence-corrected chi connectivity index (χ0v) is 10.3. The summed E-state index contributed by atoms with van der Waals surface area (Å²) >= 11 is 0. The number of hydrogen-bond donors (Lipinski definition) is 0. The SMILES string of the molecule is CCCCCCC=C[C](C)CCCC. The van der Waals surface area contributed by atoms with E-state index in [4.69, 9.17) is 0 Å². The summed E-state index contributed by atoms with van der Waals surface area (Å²) in [7, 11) is 0. The first-order valence-electron chi connectivity index (χ1n) is 6.30. The molecule has 0 aliphatic carbocycles.